The number of carbonyl (C=O) groups is 1. The number of amides is 1. The van der Waals surface area contributed by atoms with Gasteiger partial charge < -0.3 is 15.2 Å². The van der Waals surface area contributed by atoms with Gasteiger partial charge in [-0.15, -0.1) is 0 Å². The van der Waals surface area contributed by atoms with E-state index < -0.39 is 0 Å². The van der Waals surface area contributed by atoms with Gasteiger partial charge in [0.15, 0.2) is 0 Å². The van der Waals surface area contributed by atoms with E-state index in [0.29, 0.717) is 12.6 Å². The summed E-state index contributed by atoms with van der Waals surface area (Å²) in [6.45, 7) is 1.28. The van der Waals surface area contributed by atoms with Crippen LogP contribution in [0.4, 0.5) is 0 Å². The van der Waals surface area contributed by atoms with Crippen LogP contribution in [0.1, 0.15) is 18.4 Å². The zero-order valence-corrected chi connectivity index (χ0v) is 8.99. The fourth-order valence-electron chi connectivity index (χ4n) is 1.56. The van der Waals surface area contributed by atoms with Crippen LogP contribution in [0, 0.1) is 0 Å². The normalized spacial score (nSPS) is 15.3. The number of hydrogen-bond acceptors (Lipinski definition) is 2. The van der Waals surface area contributed by atoms with Crippen molar-refractivity contribution in [2.75, 3.05) is 7.05 Å². The molecule has 0 radical (unpaired) electrons. The second-order valence-electron chi connectivity index (χ2n) is 4.06. The van der Waals surface area contributed by atoms with Gasteiger partial charge >= 0.3 is 0 Å². The molecule has 0 bridgehead atoms. The van der Waals surface area contributed by atoms with Gasteiger partial charge in [0.1, 0.15) is 6.54 Å². The van der Waals surface area contributed by atoms with Gasteiger partial charge in [0, 0.05) is 25.0 Å². The maximum Gasteiger partial charge on any atom is 0.240 e. The summed E-state index contributed by atoms with van der Waals surface area (Å²) in [7, 11) is 1.91. The van der Waals surface area contributed by atoms with Crippen LogP contribution in [0.5, 0.6) is 0 Å². The third kappa shape index (κ3) is 3.09. The first-order chi connectivity index (χ1) is 7.28. The lowest BCUT2D eigenvalue weighted by Gasteiger charge is -2.03. The van der Waals surface area contributed by atoms with E-state index in [1.165, 1.54) is 5.56 Å². The van der Waals surface area contributed by atoms with Gasteiger partial charge in [0.05, 0.1) is 0 Å². The Labute approximate surface area is 89.7 Å². The highest BCUT2D eigenvalue weighted by atomic mass is 16.2. The Kier molecular flexibility index (Phi) is 3.06. The fourth-order valence-corrected chi connectivity index (χ4v) is 1.56. The van der Waals surface area contributed by atoms with Gasteiger partial charge in [-0.25, -0.2) is 0 Å². The van der Waals surface area contributed by atoms with Crippen LogP contribution in [-0.2, 0) is 17.9 Å². The standard InChI is InChI=1S/C11H17N3O/c1-12-6-9-4-5-14(7-9)8-11(15)13-10-2-3-10/h4-5,7,10,12H,2-3,6,8H2,1H3,(H,13,15). The fraction of sp³-hybridized carbons (Fsp3) is 0.545. The first-order valence-electron chi connectivity index (χ1n) is 5.36. The summed E-state index contributed by atoms with van der Waals surface area (Å²) in [4.78, 5) is 11.5. The molecule has 15 heavy (non-hydrogen) atoms. The van der Waals surface area contributed by atoms with E-state index >= 15 is 0 Å². The predicted molar refractivity (Wildman–Crippen MR) is 58.4 cm³/mol. The molecule has 1 aromatic rings. The van der Waals surface area contributed by atoms with Crippen LogP contribution in [0.3, 0.4) is 0 Å². The first-order valence-corrected chi connectivity index (χ1v) is 5.36. The van der Waals surface area contributed by atoms with E-state index in [2.05, 4.69) is 10.6 Å². The van der Waals surface area contributed by atoms with Crippen LogP contribution in [0.15, 0.2) is 18.5 Å². The number of nitrogens with one attached hydrogen (secondary N) is 2. The monoisotopic (exact) mass is 207 g/mol. The third-order valence-corrected chi connectivity index (χ3v) is 2.46. The smallest absolute Gasteiger partial charge is 0.240 e. The maximum atomic E-state index is 11.5. The molecule has 2 rings (SSSR count). The van der Waals surface area contributed by atoms with E-state index in [1.807, 2.05) is 30.1 Å². The van der Waals surface area contributed by atoms with Crippen LogP contribution < -0.4 is 10.6 Å². The van der Waals surface area contributed by atoms with Crippen molar-refractivity contribution in [2.24, 2.45) is 0 Å². The quantitative estimate of drug-likeness (QED) is 0.738. The molecule has 1 fully saturated rings. The van der Waals surface area contributed by atoms with Crippen LogP contribution in [0.25, 0.3) is 0 Å². The lowest BCUT2D eigenvalue weighted by atomic mass is 10.3. The van der Waals surface area contributed by atoms with E-state index in [1.54, 1.807) is 0 Å². The highest BCUT2D eigenvalue weighted by molar-refractivity contribution is 5.76. The number of hydrogen-bond donors (Lipinski definition) is 2. The van der Waals surface area contributed by atoms with Gasteiger partial charge in [-0.1, -0.05) is 0 Å². The highest BCUT2D eigenvalue weighted by Crippen LogP contribution is 2.18. The van der Waals surface area contributed by atoms with Crippen molar-refractivity contribution in [1.29, 1.82) is 0 Å². The Bertz CT molecular complexity index is 341. The van der Waals surface area contributed by atoms with Crippen molar-refractivity contribution < 1.29 is 4.79 Å². The number of carbonyl (C=O) groups excluding carboxylic acids is 1. The molecule has 0 atom stereocenters. The summed E-state index contributed by atoms with van der Waals surface area (Å²) < 4.78 is 1.92. The SMILES string of the molecule is CNCc1ccn(CC(=O)NC2CC2)c1. The minimum Gasteiger partial charge on any atom is -0.352 e. The number of aromatic nitrogens is 1. The molecule has 4 nitrogen and oxygen atoms in total. The van der Waals surface area contributed by atoms with E-state index in [9.17, 15) is 4.79 Å². The zero-order chi connectivity index (χ0) is 10.7. The van der Waals surface area contributed by atoms with Crippen molar-refractivity contribution in [3.63, 3.8) is 0 Å². The minimum absolute atomic E-state index is 0.115. The molecule has 0 saturated heterocycles. The van der Waals surface area contributed by atoms with Crippen molar-refractivity contribution in [1.82, 2.24) is 15.2 Å². The molecule has 0 spiro atoms. The summed E-state index contributed by atoms with van der Waals surface area (Å²) in [6, 6.07) is 2.48. The number of rotatable bonds is 5. The summed E-state index contributed by atoms with van der Waals surface area (Å²) in [5.74, 6) is 0.115. The Hall–Kier alpha value is -1.29. The summed E-state index contributed by atoms with van der Waals surface area (Å²) in [5.41, 5.74) is 1.21. The molecule has 0 aliphatic heterocycles. The Morgan fingerprint density at radius 2 is 2.40 bits per heavy atom. The third-order valence-electron chi connectivity index (χ3n) is 2.46. The van der Waals surface area contributed by atoms with Crippen LogP contribution >= 0.6 is 0 Å². The lowest BCUT2D eigenvalue weighted by Crippen LogP contribution is -2.28. The summed E-state index contributed by atoms with van der Waals surface area (Å²) in [6.07, 6.45) is 6.23. The largest absolute Gasteiger partial charge is 0.352 e. The first kappa shape index (κ1) is 10.2. The van der Waals surface area contributed by atoms with Gasteiger partial charge in [0.25, 0.3) is 0 Å². The molecule has 1 saturated carbocycles. The minimum atomic E-state index is 0.115. The van der Waals surface area contributed by atoms with Crippen molar-refractivity contribution in [3.05, 3.63) is 24.0 Å². The summed E-state index contributed by atoms with van der Waals surface area (Å²) in [5, 5.41) is 6.05. The van der Waals surface area contributed by atoms with E-state index in [4.69, 9.17) is 0 Å². The molecule has 2 N–H and O–H groups in total. The second-order valence-corrected chi connectivity index (χ2v) is 4.06. The van der Waals surface area contributed by atoms with Crippen molar-refractivity contribution in [3.8, 4) is 0 Å². The maximum absolute atomic E-state index is 11.5. The summed E-state index contributed by atoms with van der Waals surface area (Å²) >= 11 is 0. The second kappa shape index (κ2) is 4.49. The lowest BCUT2D eigenvalue weighted by molar-refractivity contribution is -0.121. The molecule has 1 heterocycles. The highest BCUT2D eigenvalue weighted by Gasteiger charge is 2.22. The molecule has 0 aromatic carbocycles. The van der Waals surface area contributed by atoms with Gasteiger partial charge in [-0.05, 0) is 31.5 Å². The molecule has 1 aliphatic rings. The van der Waals surface area contributed by atoms with E-state index in [-0.39, 0.29) is 5.91 Å². The predicted octanol–water partition coefficient (Wildman–Crippen LogP) is 0.486. The zero-order valence-electron chi connectivity index (χ0n) is 8.99. The topological polar surface area (TPSA) is 46.1 Å². The van der Waals surface area contributed by atoms with Crippen molar-refractivity contribution >= 4 is 5.91 Å². The van der Waals surface area contributed by atoms with Gasteiger partial charge in [-0.2, -0.15) is 0 Å². The molecule has 1 aliphatic carbocycles. The van der Waals surface area contributed by atoms with Crippen molar-refractivity contribution in [2.45, 2.75) is 32.0 Å². The Morgan fingerprint density at radius 3 is 3.07 bits per heavy atom. The van der Waals surface area contributed by atoms with Gasteiger partial charge in [-0.3, -0.25) is 4.79 Å². The molecular formula is C11H17N3O. The molecule has 0 unspecified atom stereocenters. The average Bonchev–Trinajstić information content (AvgIpc) is 2.88. The molecule has 4 heteroatoms. The molecule has 1 amide bonds. The molecule has 82 valence electrons. The van der Waals surface area contributed by atoms with Gasteiger partial charge in [0.2, 0.25) is 5.91 Å². The van der Waals surface area contributed by atoms with E-state index in [0.717, 1.165) is 19.4 Å². The Morgan fingerprint density at radius 1 is 1.60 bits per heavy atom. The molecular weight excluding hydrogens is 190 g/mol. The number of nitrogens with zero attached hydrogens (tertiary/aromatic N) is 1. The van der Waals surface area contributed by atoms with Crippen LogP contribution in [-0.4, -0.2) is 23.6 Å². The molecule has 1 aromatic heterocycles. The van der Waals surface area contributed by atoms with Crippen LogP contribution in [0.2, 0.25) is 0 Å². The average molecular weight is 207 g/mol. The Balaban J connectivity index is 1.83.